The number of hydrogen-bond donors (Lipinski definition) is 3. The molecule has 0 aliphatic heterocycles. The molecule has 17 heavy (non-hydrogen) atoms. The molecule has 0 saturated heterocycles. The highest BCUT2D eigenvalue weighted by molar-refractivity contribution is 5.21. The average molecular weight is 251 g/mol. The van der Waals surface area contributed by atoms with Crippen LogP contribution in [0.1, 0.15) is 23.8 Å². The number of aliphatic hydroxyl groups is 3. The minimum absolute atomic E-state index is 0.0896. The first-order chi connectivity index (χ1) is 7.86. The van der Waals surface area contributed by atoms with E-state index in [4.69, 9.17) is 5.11 Å². The number of aromatic nitrogens is 1. The normalized spacial score (nSPS) is 15.6. The van der Waals surface area contributed by atoms with Crippen LogP contribution in [0.15, 0.2) is 18.3 Å². The van der Waals surface area contributed by atoms with E-state index in [0.717, 1.165) is 6.20 Å². The zero-order valence-electron chi connectivity index (χ0n) is 8.72. The molecule has 3 N–H and O–H groups in total. The van der Waals surface area contributed by atoms with Crippen molar-refractivity contribution in [3.63, 3.8) is 0 Å². The van der Waals surface area contributed by atoms with Crippen LogP contribution >= 0.6 is 0 Å². The summed E-state index contributed by atoms with van der Waals surface area (Å²) in [6, 6.07) is 1.85. The monoisotopic (exact) mass is 251 g/mol. The lowest BCUT2D eigenvalue weighted by Gasteiger charge is -2.18. The number of halogens is 3. The Morgan fingerprint density at radius 1 is 1.29 bits per heavy atom. The van der Waals surface area contributed by atoms with Crippen molar-refractivity contribution in [3.05, 3.63) is 29.6 Å². The lowest BCUT2D eigenvalue weighted by atomic mass is 10.0. The third kappa shape index (κ3) is 3.65. The van der Waals surface area contributed by atoms with Gasteiger partial charge in [0, 0.05) is 12.8 Å². The number of hydrogen-bond acceptors (Lipinski definition) is 4. The van der Waals surface area contributed by atoms with E-state index in [1.165, 1.54) is 6.07 Å². The van der Waals surface area contributed by atoms with Crippen LogP contribution in [0.3, 0.4) is 0 Å². The number of alkyl halides is 3. The van der Waals surface area contributed by atoms with Gasteiger partial charge in [-0.05, 0) is 24.1 Å². The predicted molar refractivity (Wildman–Crippen MR) is 51.9 cm³/mol. The summed E-state index contributed by atoms with van der Waals surface area (Å²) in [6.07, 6.45) is -6.61. The van der Waals surface area contributed by atoms with Crippen molar-refractivity contribution in [1.29, 1.82) is 0 Å². The molecule has 0 radical (unpaired) electrons. The second-order valence-electron chi connectivity index (χ2n) is 3.50. The molecule has 0 bridgehead atoms. The molecule has 2 unspecified atom stereocenters. The molecule has 1 aromatic heterocycles. The highest BCUT2D eigenvalue weighted by Gasteiger charge is 2.33. The first-order valence-corrected chi connectivity index (χ1v) is 4.86. The molecule has 0 saturated carbocycles. The summed E-state index contributed by atoms with van der Waals surface area (Å²) in [5.41, 5.74) is -1.22. The summed E-state index contributed by atoms with van der Waals surface area (Å²) >= 11 is 0. The largest absolute Gasteiger partial charge is 0.433 e. The van der Waals surface area contributed by atoms with E-state index in [2.05, 4.69) is 4.98 Å². The molecule has 0 amide bonds. The Hall–Kier alpha value is -1.18. The maximum absolute atomic E-state index is 12.3. The number of aliphatic hydroxyl groups excluding tert-OH is 3. The lowest BCUT2D eigenvalue weighted by Crippen LogP contribution is -2.20. The van der Waals surface area contributed by atoms with Crippen molar-refractivity contribution < 1.29 is 28.5 Å². The summed E-state index contributed by atoms with van der Waals surface area (Å²) in [5, 5.41) is 27.5. The molecule has 7 heteroatoms. The molecule has 0 fully saturated rings. The van der Waals surface area contributed by atoms with Crippen LogP contribution in [0.2, 0.25) is 0 Å². The highest BCUT2D eigenvalue weighted by Crippen LogP contribution is 2.29. The molecule has 0 aliphatic rings. The van der Waals surface area contributed by atoms with E-state index < -0.39 is 24.1 Å². The van der Waals surface area contributed by atoms with E-state index in [1.54, 1.807) is 0 Å². The maximum Gasteiger partial charge on any atom is 0.433 e. The Morgan fingerprint density at radius 3 is 2.47 bits per heavy atom. The van der Waals surface area contributed by atoms with Gasteiger partial charge in [-0.15, -0.1) is 0 Å². The zero-order valence-corrected chi connectivity index (χ0v) is 8.72. The Morgan fingerprint density at radius 2 is 1.94 bits per heavy atom. The van der Waals surface area contributed by atoms with Crippen LogP contribution < -0.4 is 0 Å². The summed E-state index contributed by atoms with van der Waals surface area (Å²) in [7, 11) is 0. The molecule has 2 atom stereocenters. The molecule has 96 valence electrons. The van der Waals surface area contributed by atoms with Crippen molar-refractivity contribution in [2.45, 2.75) is 24.8 Å². The quantitative estimate of drug-likeness (QED) is 0.742. The van der Waals surface area contributed by atoms with Crippen molar-refractivity contribution >= 4 is 0 Å². The van der Waals surface area contributed by atoms with Crippen LogP contribution in [-0.2, 0) is 6.18 Å². The van der Waals surface area contributed by atoms with Crippen molar-refractivity contribution in [2.24, 2.45) is 0 Å². The summed E-state index contributed by atoms with van der Waals surface area (Å²) < 4.78 is 37.0. The fraction of sp³-hybridized carbons (Fsp3) is 0.500. The van der Waals surface area contributed by atoms with Gasteiger partial charge in [-0.2, -0.15) is 13.2 Å². The molecular formula is C10H12F3NO3. The molecule has 1 heterocycles. The smallest absolute Gasteiger partial charge is 0.396 e. The Bertz CT molecular complexity index is 370. The van der Waals surface area contributed by atoms with Crippen molar-refractivity contribution in [1.82, 2.24) is 4.98 Å². The molecule has 0 spiro atoms. The standard InChI is InChI=1S/C10H12F3NO3/c11-10(12,13)8-5-6(1-3-14-8)9(17)7(16)2-4-15/h1,3,5,7,9,15-17H,2,4H2. The third-order valence-corrected chi connectivity index (χ3v) is 2.21. The number of nitrogens with zero attached hydrogens (tertiary/aromatic N) is 1. The van der Waals surface area contributed by atoms with Gasteiger partial charge in [-0.1, -0.05) is 0 Å². The minimum atomic E-state index is -4.60. The van der Waals surface area contributed by atoms with Gasteiger partial charge in [-0.3, -0.25) is 4.98 Å². The van der Waals surface area contributed by atoms with Gasteiger partial charge < -0.3 is 15.3 Å². The third-order valence-electron chi connectivity index (χ3n) is 2.21. The second-order valence-corrected chi connectivity index (χ2v) is 3.50. The van der Waals surface area contributed by atoms with Gasteiger partial charge >= 0.3 is 6.18 Å². The summed E-state index contributed by atoms with van der Waals surface area (Å²) in [6.45, 7) is -0.366. The summed E-state index contributed by atoms with van der Waals surface area (Å²) in [4.78, 5) is 3.13. The van der Waals surface area contributed by atoms with Crippen LogP contribution in [0.25, 0.3) is 0 Å². The number of pyridine rings is 1. The Labute approximate surface area is 95.4 Å². The van der Waals surface area contributed by atoms with Gasteiger partial charge in [0.25, 0.3) is 0 Å². The fourth-order valence-corrected chi connectivity index (χ4v) is 1.30. The predicted octanol–water partition coefficient (Wildman–Crippen LogP) is 0.877. The van der Waals surface area contributed by atoms with Crippen molar-refractivity contribution in [2.75, 3.05) is 6.61 Å². The van der Waals surface area contributed by atoms with Crippen molar-refractivity contribution in [3.8, 4) is 0 Å². The first-order valence-electron chi connectivity index (χ1n) is 4.86. The molecular weight excluding hydrogens is 239 g/mol. The fourth-order valence-electron chi connectivity index (χ4n) is 1.30. The lowest BCUT2D eigenvalue weighted by molar-refractivity contribution is -0.141. The molecule has 4 nitrogen and oxygen atoms in total. The highest BCUT2D eigenvalue weighted by atomic mass is 19.4. The average Bonchev–Trinajstić information content (AvgIpc) is 2.27. The van der Waals surface area contributed by atoms with E-state index in [-0.39, 0.29) is 18.6 Å². The van der Waals surface area contributed by atoms with Gasteiger partial charge in [0.05, 0.1) is 6.10 Å². The SMILES string of the molecule is OCCC(O)C(O)c1ccnc(C(F)(F)F)c1. The van der Waals surface area contributed by atoms with Crippen LogP contribution in [0, 0.1) is 0 Å². The molecule has 0 aromatic carbocycles. The van der Waals surface area contributed by atoms with Gasteiger partial charge in [-0.25, -0.2) is 0 Å². The Balaban J connectivity index is 2.92. The van der Waals surface area contributed by atoms with E-state index in [1.807, 2.05) is 0 Å². The second kappa shape index (κ2) is 5.44. The summed E-state index contributed by atoms with van der Waals surface area (Å²) in [5.74, 6) is 0. The van der Waals surface area contributed by atoms with E-state index in [9.17, 15) is 23.4 Å². The maximum atomic E-state index is 12.3. The van der Waals surface area contributed by atoms with Crippen LogP contribution in [0.4, 0.5) is 13.2 Å². The topological polar surface area (TPSA) is 73.6 Å². The Kier molecular flexibility index (Phi) is 4.44. The van der Waals surface area contributed by atoms with Gasteiger partial charge in [0.15, 0.2) is 0 Å². The first kappa shape index (κ1) is 13.9. The molecule has 0 aliphatic carbocycles. The van der Waals surface area contributed by atoms with Gasteiger partial charge in [0.2, 0.25) is 0 Å². The van der Waals surface area contributed by atoms with Gasteiger partial charge in [0.1, 0.15) is 11.8 Å². The minimum Gasteiger partial charge on any atom is -0.396 e. The zero-order chi connectivity index (χ0) is 13.1. The van der Waals surface area contributed by atoms with E-state index in [0.29, 0.717) is 6.07 Å². The van der Waals surface area contributed by atoms with Crippen LogP contribution in [-0.4, -0.2) is 33.0 Å². The molecule has 1 rings (SSSR count). The number of rotatable bonds is 4. The molecule has 1 aromatic rings. The van der Waals surface area contributed by atoms with Crippen LogP contribution in [0.5, 0.6) is 0 Å². The van der Waals surface area contributed by atoms with E-state index >= 15 is 0 Å².